The number of hydrogen-bond donors (Lipinski definition) is 2. The maximum absolute atomic E-state index is 14.6. The summed E-state index contributed by atoms with van der Waals surface area (Å²) in [4.78, 5) is 23.2. The van der Waals surface area contributed by atoms with Gasteiger partial charge in [0.25, 0.3) is 5.91 Å². The third-order valence-electron chi connectivity index (χ3n) is 10.2. The van der Waals surface area contributed by atoms with Gasteiger partial charge >= 0.3 is 12.4 Å². The number of aliphatic hydroxyl groups is 1. The van der Waals surface area contributed by atoms with Crippen LogP contribution in [0.2, 0.25) is 0 Å². The molecule has 53 heavy (non-hydrogen) atoms. The molecule has 0 spiro atoms. The maximum Gasteiger partial charge on any atom is 0.416 e. The normalized spacial score (nSPS) is 19.0. The van der Waals surface area contributed by atoms with Crippen molar-refractivity contribution in [2.45, 2.75) is 61.6 Å². The fraction of sp³-hybridized carbons (Fsp3) is 0.421. The summed E-state index contributed by atoms with van der Waals surface area (Å²) in [6.07, 6.45) is -5.38. The van der Waals surface area contributed by atoms with Crippen molar-refractivity contribution in [2.75, 3.05) is 39.0 Å². The third kappa shape index (κ3) is 8.85. The van der Waals surface area contributed by atoms with Crippen molar-refractivity contribution in [1.29, 1.82) is 0 Å². The van der Waals surface area contributed by atoms with E-state index in [2.05, 4.69) is 15.2 Å². The van der Waals surface area contributed by atoms with E-state index in [0.717, 1.165) is 44.3 Å². The zero-order valence-corrected chi connectivity index (χ0v) is 29.7. The van der Waals surface area contributed by atoms with Crippen molar-refractivity contribution in [3.05, 3.63) is 95.1 Å². The van der Waals surface area contributed by atoms with Gasteiger partial charge in [-0.2, -0.15) is 26.3 Å². The molecule has 3 aromatic carbocycles. The summed E-state index contributed by atoms with van der Waals surface area (Å²) < 4.78 is 111. The second kappa shape index (κ2) is 15.4. The summed E-state index contributed by atoms with van der Waals surface area (Å²) in [6.45, 7) is 2.71. The summed E-state index contributed by atoms with van der Waals surface area (Å²) in [6, 6.07) is 12.6. The number of aliphatic hydroxyl groups excluding tert-OH is 1. The minimum Gasteiger partial charge on any atom is -0.396 e. The Balaban J connectivity index is 1.49. The van der Waals surface area contributed by atoms with Gasteiger partial charge in [-0.3, -0.25) is 14.6 Å². The number of hydrogen-bond acceptors (Lipinski definition) is 7. The van der Waals surface area contributed by atoms with Crippen LogP contribution in [0.25, 0.3) is 22.2 Å². The van der Waals surface area contributed by atoms with Gasteiger partial charge in [-0.1, -0.05) is 42.5 Å². The molecule has 2 aliphatic rings. The monoisotopic (exact) mass is 762 g/mol. The predicted octanol–water partition coefficient (Wildman–Crippen LogP) is 7.03. The lowest BCUT2D eigenvalue weighted by Gasteiger charge is -2.42. The number of likely N-dealkylation sites (tertiary alicyclic amines) is 2. The van der Waals surface area contributed by atoms with Crippen LogP contribution in [0.4, 0.5) is 26.3 Å². The van der Waals surface area contributed by atoms with Gasteiger partial charge in [0.05, 0.1) is 27.2 Å². The van der Waals surface area contributed by atoms with Gasteiger partial charge in [-0.05, 0) is 87.1 Å². The summed E-state index contributed by atoms with van der Waals surface area (Å²) in [5, 5.41) is 11.8. The Morgan fingerprint density at radius 1 is 0.943 bits per heavy atom. The molecular formula is C38H40F6N4O4S. The number of piperidine rings is 2. The second-order valence-corrected chi connectivity index (χ2v) is 15.9. The van der Waals surface area contributed by atoms with Crippen molar-refractivity contribution in [2.24, 2.45) is 5.92 Å². The molecule has 0 bridgehead atoms. The highest BCUT2D eigenvalue weighted by atomic mass is 32.2. The first-order valence-electron chi connectivity index (χ1n) is 17.4. The number of benzene rings is 3. The van der Waals surface area contributed by atoms with Crippen LogP contribution in [0.1, 0.15) is 58.8 Å². The molecule has 2 fully saturated rings. The smallest absolute Gasteiger partial charge is 0.396 e. The molecule has 2 saturated heterocycles. The second-order valence-electron chi connectivity index (χ2n) is 13.9. The molecule has 4 aromatic rings. The van der Waals surface area contributed by atoms with Gasteiger partial charge in [0.2, 0.25) is 0 Å². The minimum absolute atomic E-state index is 0.00774. The van der Waals surface area contributed by atoms with Gasteiger partial charge in [0.15, 0.2) is 15.9 Å². The molecule has 0 radical (unpaired) electrons. The zero-order chi connectivity index (χ0) is 38.1. The average molecular weight is 763 g/mol. The summed E-state index contributed by atoms with van der Waals surface area (Å²) in [7, 11) is -3.87. The fourth-order valence-electron chi connectivity index (χ4n) is 7.45. The molecule has 1 amide bonds. The number of fused-ring (bicyclic) bond motifs is 1. The number of sulfone groups is 1. The van der Waals surface area contributed by atoms with Gasteiger partial charge in [0.1, 0.15) is 0 Å². The lowest BCUT2D eigenvalue weighted by molar-refractivity contribution is -0.155. The molecule has 0 aliphatic carbocycles. The molecule has 8 nitrogen and oxygen atoms in total. The number of nitrogens with zero attached hydrogens (tertiary/aromatic N) is 3. The van der Waals surface area contributed by atoms with Gasteiger partial charge in [-0.25, -0.2) is 13.4 Å². The van der Waals surface area contributed by atoms with E-state index in [1.165, 1.54) is 60.7 Å². The Morgan fingerprint density at radius 3 is 2.30 bits per heavy atom. The number of halogens is 6. The highest BCUT2D eigenvalue weighted by Gasteiger charge is 2.43. The van der Waals surface area contributed by atoms with Crippen LogP contribution < -0.4 is 5.32 Å². The minimum atomic E-state index is -4.94. The van der Waals surface area contributed by atoms with Crippen LogP contribution in [0.15, 0.2) is 77.7 Å². The van der Waals surface area contributed by atoms with Gasteiger partial charge in [0, 0.05) is 48.5 Å². The van der Waals surface area contributed by atoms with Crippen molar-refractivity contribution < 1.29 is 44.7 Å². The number of pyridine rings is 1. The molecule has 0 saturated carbocycles. The van der Waals surface area contributed by atoms with E-state index in [1.54, 1.807) is 0 Å². The Hall–Kier alpha value is -4.05. The molecule has 284 valence electrons. The first-order valence-corrected chi connectivity index (χ1v) is 19.3. The van der Waals surface area contributed by atoms with E-state index >= 15 is 0 Å². The number of amides is 1. The van der Waals surface area contributed by atoms with Crippen LogP contribution in [0.3, 0.4) is 0 Å². The van der Waals surface area contributed by atoms with Crippen molar-refractivity contribution >= 4 is 26.6 Å². The van der Waals surface area contributed by atoms with Crippen LogP contribution in [0.5, 0.6) is 0 Å². The topological polar surface area (TPSA) is 103 Å². The molecule has 1 aromatic heterocycles. The Labute approximate surface area is 303 Å². The molecule has 15 heteroatoms. The highest BCUT2D eigenvalue weighted by Crippen LogP contribution is 2.38. The SMILES string of the molecule is CS(=O)(=O)c1ccc2nc(-c3cccc(C(F)(F)F)c3)c(CN3CCC(N4CCCC(CO)C4)CC3)c(C(=O)N[C@H](c3ccccc3)C(F)(F)F)c2c1. The van der Waals surface area contributed by atoms with E-state index in [4.69, 9.17) is 0 Å². The van der Waals surface area contributed by atoms with Crippen LogP contribution >= 0.6 is 0 Å². The maximum atomic E-state index is 14.6. The van der Waals surface area contributed by atoms with Crippen molar-refractivity contribution in [3.8, 4) is 11.3 Å². The van der Waals surface area contributed by atoms with Gasteiger partial charge < -0.3 is 10.4 Å². The fourth-order valence-corrected chi connectivity index (χ4v) is 8.10. The number of carbonyl (C=O) groups excluding carboxylic acids is 1. The van der Waals surface area contributed by atoms with Crippen LogP contribution in [-0.4, -0.2) is 85.5 Å². The first kappa shape index (κ1) is 38.7. The first-order chi connectivity index (χ1) is 25.0. The standard InChI is InChI=1S/C38H40F6N4O4S/c1-53(51,52)29-12-13-32-30(20-29)33(36(50)46-35(38(42,43)44)25-8-3-2-4-9-25)31(34(45-32)26-10-5-11-27(19-26)37(39,40)41)22-47-17-14-28(15-18-47)48-16-6-7-24(21-48)23-49/h2-5,8-13,19-20,24,28,35,49H,6-7,14-18,21-23H2,1H3,(H,46,50)/t24?,35-/m1/s1. The number of aromatic nitrogens is 1. The Kier molecular flexibility index (Phi) is 11.2. The van der Waals surface area contributed by atoms with Gasteiger partial charge in [-0.15, -0.1) is 0 Å². The largest absolute Gasteiger partial charge is 0.416 e. The van der Waals surface area contributed by atoms with E-state index < -0.39 is 39.7 Å². The van der Waals surface area contributed by atoms with E-state index in [0.29, 0.717) is 25.9 Å². The van der Waals surface area contributed by atoms with Crippen molar-refractivity contribution in [1.82, 2.24) is 20.1 Å². The van der Waals surface area contributed by atoms with Crippen LogP contribution in [0, 0.1) is 5.92 Å². The highest BCUT2D eigenvalue weighted by molar-refractivity contribution is 7.90. The van der Waals surface area contributed by atoms with Crippen molar-refractivity contribution in [3.63, 3.8) is 0 Å². The average Bonchev–Trinajstić information content (AvgIpc) is 3.12. The molecule has 2 atom stereocenters. The Morgan fingerprint density at radius 2 is 1.66 bits per heavy atom. The molecule has 2 N–H and O–H groups in total. The van der Waals surface area contributed by atoms with Crippen LogP contribution in [-0.2, 0) is 22.6 Å². The summed E-state index contributed by atoms with van der Waals surface area (Å²) in [5.74, 6) is -0.995. The summed E-state index contributed by atoms with van der Waals surface area (Å²) in [5.41, 5.74) is -1.48. The molecule has 6 rings (SSSR count). The number of carbonyl (C=O) groups is 1. The quantitative estimate of drug-likeness (QED) is 0.177. The lowest BCUT2D eigenvalue weighted by atomic mass is 9.92. The molecular weight excluding hydrogens is 722 g/mol. The zero-order valence-electron chi connectivity index (χ0n) is 28.9. The van der Waals surface area contributed by atoms with E-state index in [1.807, 2.05) is 4.90 Å². The third-order valence-corrected chi connectivity index (χ3v) is 11.3. The number of rotatable bonds is 9. The summed E-state index contributed by atoms with van der Waals surface area (Å²) >= 11 is 0. The Bertz CT molecular complexity index is 2050. The number of nitrogens with one attached hydrogen (secondary N) is 1. The predicted molar refractivity (Wildman–Crippen MR) is 188 cm³/mol. The molecule has 2 aliphatic heterocycles. The van der Waals surface area contributed by atoms with E-state index in [9.17, 15) is 44.7 Å². The van der Waals surface area contributed by atoms with E-state index in [-0.39, 0.29) is 68.9 Å². The molecule has 3 heterocycles. The number of alkyl halides is 6. The molecule has 1 unspecified atom stereocenters. The lowest BCUT2D eigenvalue weighted by Crippen LogP contribution is -2.48.